The van der Waals surface area contributed by atoms with Gasteiger partial charge in [-0.2, -0.15) is 5.26 Å². The van der Waals surface area contributed by atoms with Gasteiger partial charge in [-0.1, -0.05) is 19.4 Å². The first-order valence-corrected chi connectivity index (χ1v) is 5.02. The highest BCUT2D eigenvalue weighted by molar-refractivity contribution is 5.92. The van der Waals surface area contributed by atoms with Gasteiger partial charge in [-0.05, 0) is 6.42 Å². The first-order chi connectivity index (χ1) is 7.26. The van der Waals surface area contributed by atoms with Crippen molar-refractivity contribution in [2.45, 2.75) is 26.2 Å². The maximum Gasteiger partial charge on any atom is 0.348 e. The molecule has 0 aromatic heterocycles. The topological polar surface area (TPSA) is 59.3 Å². The molecular formula is C11H17NO3. The van der Waals surface area contributed by atoms with E-state index in [0.29, 0.717) is 13.0 Å². The lowest BCUT2D eigenvalue weighted by Crippen LogP contribution is -2.09. The lowest BCUT2D eigenvalue weighted by atomic mass is 10.2. The Morgan fingerprint density at radius 3 is 2.73 bits per heavy atom. The molecule has 0 saturated carbocycles. The van der Waals surface area contributed by atoms with E-state index in [1.165, 1.54) is 0 Å². The highest BCUT2D eigenvalue weighted by atomic mass is 16.5. The summed E-state index contributed by atoms with van der Waals surface area (Å²) in [6.45, 7) is 2.82. The van der Waals surface area contributed by atoms with Gasteiger partial charge in [-0.25, -0.2) is 4.79 Å². The lowest BCUT2D eigenvalue weighted by molar-refractivity contribution is -0.138. The Kier molecular flexibility index (Phi) is 8.40. The van der Waals surface area contributed by atoms with E-state index in [1.54, 1.807) is 13.2 Å². The number of ether oxygens (including phenoxy) is 2. The van der Waals surface area contributed by atoms with Gasteiger partial charge >= 0.3 is 5.97 Å². The molecule has 4 nitrogen and oxygen atoms in total. The highest BCUT2D eigenvalue weighted by Crippen LogP contribution is 2.01. The number of esters is 1. The van der Waals surface area contributed by atoms with Crippen molar-refractivity contribution >= 4 is 5.97 Å². The van der Waals surface area contributed by atoms with Crippen molar-refractivity contribution in [3.05, 3.63) is 11.6 Å². The fourth-order valence-corrected chi connectivity index (χ4v) is 0.909. The van der Waals surface area contributed by atoms with Gasteiger partial charge in [-0.3, -0.25) is 0 Å². The Labute approximate surface area is 90.5 Å². The second-order valence-electron chi connectivity index (χ2n) is 3.00. The van der Waals surface area contributed by atoms with Gasteiger partial charge in [0.15, 0.2) is 0 Å². The standard InChI is InChI=1S/C11H17NO3/c1-3-4-6-10(9-12)11(13)15-8-5-7-14-2/h6H,3-5,7-8H2,1-2H3. The average Bonchev–Trinajstić information content (AvgIpc) is 2.25. The van der Waals surface area contributed by atoms with Crippen molar-refractivity contribution in [2.75, 3.05) is 20.3 Å². The van der Waals surface area contributed by atoms with Crippen LogP contribution < -0.4 is 0 Å². The van der Waals surface area contributed by atoms with Crippen LogP contribution in [0.15, 0.2) is 11.6 Å². The van der Waals surface area contributed by atoms with Crippen molar-refractivity contribution in [1.29, 1.82) is 5.26 Å². The van der Waals surface area contributed by atoms with Crippen LogP contribution in [0.1, 0.15) is 26.2 Å². The van der Waals surface area contributed by atoms with Crippen molar-refractivity contribution in [3.63, 3.8) is 0 Å². The van der Waals surface area contributed by atoms with Crippen molar-refractivity contribution in [1.82, 2.24) is 0 Å². The van der Waals surface area contributed by atoms with Crippen LogP contribution in [-0.2, 0) is 14.3 Å². The Morgan fingerprint density at radius 1 is 1.47 bits per heavy atom. The summed E-state index contributed by atoms with van der Waals surface area (Å²) in [5.41, 5.74) is 0.0919. The van der Waals surface area contributed by atoms with E-state index in [0.717, 1.165) is 12.8 Å². The van der Waals surface area contributed by atoms with Crippen molar-refractivity contribution in [2.24, 2.45) is 0 Å². The third-order valence-corrected chi connectivity index (χ3v) is 1.70. The number of carbonyl (C=O) groups is 1. The Bertz CT molecular complexity index is 253. The number of carbonyl (C=O) groups excluding carboxylic acids is 1. The molecule has 0 bridgehead atoms. The van der Waals surface area contributed by atoms with Gasteiger partial charge in [0.25, 0.3) is 0 Å². The Hall–Kier alpha value is -1.34. The van der Waals surface area contributed by atoms with E-state index in [4.69, 9.17) is 14.7 Å². The number of rotatable bonds is 7. The SMILES string of the molecule is CCCC=C(C#N)C(=O)OCCCOC. The van der Waals surface area contributed by atoms with Gasteiger partial charge in [-0.15, -0.1) is 0 Å². The van der Waals surface area contributed by atoms with Crippen molar-refractivity contribution in [3.8, 4) is 6.07 Å². The number of nitriles is 1. The largest absolute Gasteiger partial charge is 0.461 e. The average molecular weight is 211 g/mol. The molecule has 0 aromatic rings. The zero-order valence-electron chi connectivity index (χ0n) is 9.28. The zero-order valence-corrected chi connectivity index (χ0v) is 9.28. The van der Waals surface area contributed by atoms with E-state index in [9.17, 15) is 4.79 Å². The number of allylic oxidation sites excluding steroid dienone is 1. The monoisotopic (exact) mass is 211 g/mol. The van der Waals surface area contributed by atoms with E-state index >= 15 is 0 Å². The molecule has 15 heavy (non-hydrogen) atoms. The van der Waals surface area contributed by atoms with Crippen LogP contribution in [0.4, 0.5) is 0 Å². The van der Waals surface area contributed by atoms with E-state index in [1.807, 2.05) is 13.0 Å². The van der Waals surface area contributed by atoms with Gasteiger partial charge < -0.3 is 9.47 Å². The summed E-state index contributed by atoms with van der Waals surface area (Å²) in [4.78, 5) is 11.3. The fourth-order valence-electron chi connectivity index (χ4n) is 0.909. The van der Waals surface area contributed by atoms with E-state index < -0.39 is 5.97 Å². The molecule has 0 saturated heterocycles. The molecule has 84 valence electrons. The van der Waals surface area contributed by atoms with Crippen LogP contribution in [0.3, 0.4) is 0 Å². The minimum atomic E-state index is -0.540. The summed E-state index contributed by atoms with van der Waals surface area (Å²) in [7, 11) is 1.59. The molecule has 0 radical (unpaired) electrons. The van der Waals surface area contributed by atoms with Gasteiger partial charge in [0.05, 0.1) is 6.61 Å². The van der Waals surface area contributed by atoms with Gasteiger partial charge in [0.2, 0.25) is 0 Å². The highest BCUT2D eigenvalue weighted by Gasteiger charge is 2.08. The molecule has 0 fully saturated rings. The van der Waals surface area contributed by atoms with Crippen LogP contribution >= 0.6 is 0 Å². The molecule has 0 unspecified atom stereocenters. The van der Waals surface area contributed by atoms with Crippen LogP contribution in [0.5, 0.6) is 0 Å². The predicted octanol–water partition coefficient (Wildman–Crippen LogP) is 1.82. The molecule has 0 aliphatic heterocycles. The number of hydrogen-bond acceptors (Lipinski definition) is 4. The fraction of sp³-hybridized carbons (Fsp3) is 0.636. The molecule has 0 aliphatic rings. The zero-order chi connectivity index (χ0) is 11.5. The first-order valence-electron chi connectivity index (χ1n) is 5.02. The lowest BCUT2D eigenvalue weighted by Gasteiger charge is -2.02. The van der Waals surface area contributed by atoms with Gasteiger partial charge in [0.1, 0.15) is 11.6 Å². The molecule has 0 rings (SSSR count). The molecule has 0 N–H and O–H groups in total. The summed E-state index contributed by atoms with van der Waals surface area (Å²) in [5, 5.41) is 8.68. The second-order valence-corrected chi connectivity index (χ2v) is 3.00. The molecule has 0 aliphatic carbocycles. The third kappa shape index (κ3) is 6.69. The van der Waals surface area contributed by atoms with Crippen molar-refractivity contribution < 1.29 is 14.3 Å². The maximum absolute atomic E-state index is 11.3. The summed E-state index contributed by atoms with van der Waals surface area (Å²) in [6.07, 6.45) is 3.88. The Balaban J connectivity index is 3.90. The number of hydrogen-bond donors (Lipinski definition) is 0. The summed E-state index contributed by atoms with van der Waals surface area (Å²) in [5.74, 6) is -0.540. The van der Waals surface area contributed by atoms with E-state index in [-0.39, 0.29) is 12.2 Å². The second kappa shape index (κ2) is 9.22. The molecule has 0 heterocycles. The predicted molar refractivity (Wildman–Crippen MR) is 56.1 cm³/mol. The molecular weight excluding hydrogens is 194 g/mol. The smallest absolute Gasteiger partial charge is 0.348 e. The maximum atomic E-state index is 11.3. The summed E-state index contributed by atoms with van der Waals surface area (Å²) >= 11 is 0. The molecule has 0 aromatic carbocycles. The summed E-state index contributed by atoms with van der Waals surface area (Å²) in [6, 6.07) is 1.83. The molecule has 0 amide bonds. The first kappa shape index (κ1) is 13.7. The normalized spacial score (nSPS) is 10.9. The van der Waals surface area contributed by atoms with Crippen LogP contribution in [0.2, 0.25) is 0 Å². The third-order valence-electron chi connectivity index (χ3n) is 1.70. The molecule has 0 spiro atoms. The van der Waals surface area contributed by atoms with E-state index in [2.05, 4.69) is 0 Å². The summed E-state index contributed by atoms with van der Waals surface area (Å²) < 4.78 is 9.69. The number of unbranched alkanes of at least 4 members (excludes halogenated alkanes) is 1. The van der Waals surface area contributed by atoms with Crippen LogP contribution in [0.25, 0.3) is 0 Å². The Morgan fingerprint density at radius 2 is 2.20 bits per heavy atom. The molecule has 0 atom stereocenters. The minimum absolute atomic E-state index is 0.0919. The number of methoxy groups -OCH3 is 1. The quantitative estimate of drug-likeness (QED) is 0.279. The minimum Gasteiger partial charge on any atom is -0.461 e. The number of nitrogens with zero attached hydrogens (tertiary/aromatic N) is 1. The van der Waals surface area contributed by atoms with Crippen LogP contribution in [-0.4, -0.2) is 26.3 Å². The molecule has 4 heteroatoms. The van der Waals surface area contributed by atoms with Gasteiger partial charge in [0, 0.05) is 20.1 Å². The van der Waals surface area contributed by atoms with Crippen LogP contribution in [0, 0.1) is 11.3 Å².